The Hall–Kier alpha value is -3.10. The lowest BCUT2D eigenvalue weighted by atomic mass is 9.73. The first-order chi connectivity index (χ1) is 13.2. The summed E-state index contributed by atoms with van der Waals surface area (Å²) in [6.45, 7) is -0.909. The maximum Gasteiger partial charge on any atom is 0.201 e. The number of aliphatic hydroxyl groups excluding tert-OH is 1. The molecule has 2 aromatic carbocycles. The second kappa shape index (κ2) is 5.95. The summed E-state index contributed by atoms with van der Waals surface area (Å²) in [5.74, 6) is -4.76. The van der Waals surface area contributed by atoms with Crippen LogP contribution >= 0.6 is 0 Å². The summed E-state index contributed by atoms with van der Waals surface area (Å²) in [6.07, 6.45) is -0.681. The van der Waals surface area contributed by atoms with E-state index in [0.29, 0.717) is 0 Å². The third-order valence-electron chi connectivity index (χ3n) is 5.52. The molecule has 2 aliphatic carbocycles. The van der Waals surface area contributed by atoms with Crippen molar-refractivity contribution >= 4 is 17.3 Å². The second-order valence-electron chi connectivity index (χ2n) is 7.01. The molecule has 28 heavy (non-hydrogen) atoms. The van der Waals surface area contributed by atoms with E-state index >= 15 is 0 Å². The summed E-state index contributed by atoms with van der Waals surface area (Å²) in [5.41, 5.74) is -3.61. The fourth-order valence-corrected chi connectivity index (χ4v) is 4.03. The van der Waals surface area contributed by atoms with Crippen molar-refractivity contribution in [2.24, 2.45) is 0 Å². The topological polar surface area (TPSA) is 132 Å². The number of ketones is 3. The van der Waals surface area contributed by atoms with Gasteiger partial charge in [0.2, 0.25) is 5.78 Å². The molecule has 0 aromatic heterocycles. The first-order valence-electron chi connectivity index (χ1n) is 8.55. The van der Waals surface area contributed by atoms with Crippen LogP contribution in [0.25, 0.3) is 0 Å². The minimum Gasteiger partial charge on any atom is -0.507 e. The lowest BCUT2D eigenvalue weighted by Crippen LogP contribution is -2.45. The van der Waals surface area contributed by atoms with E-state index in [9.17, 15) is 34.1 Å². The van der Waals surface area contributed by atoms with Crippen LogP contribution in [0.5, 0.6) is 11.5 Å². The van der Waals surface area contributed by atoms with Gasteiger partial charge in [0.05, 0.1) is 16.7 Å². The number of rotatable bonds is 2. The van der Waals surface area contributed by atoms with Gasteiger partial charge in [0.25, 0.3) is 0 Å². The molecule has 0 saturated heterocycles. The van der Waals surface area contributed by atoms with Gasteiger partial charge in [-0.2, -0.15) is 0 Å². The number of carbonyl (C=O) groups excluding carboxylic acids is 3. The molecule has 2 aromatic rings. The minimum atomic E-state index is -1.97. The highest BCUT2D eigenvalue weighted by molar-refractivity contribution is 6.30. The fourth-order valence-electron chi connectivity index (χ4n) is 4.03. The molecule has 8 heteroatoms. The van der Waals surface area contributed by atoms with Crippen LogP contribution in [0, 0.1) is 5.82 Å². The normalized spacial score (nSPS) is 20.4. The van der Waals surface area contributed by atoms with E-state index in [4.69, 9.17) is 5.11 Å². The van der Waals surface area contributed by atoms with Gasteiger partial charge >= 0.3 is 0 Å². The molecule has 0 bridgehead atoms. The fraction of sp³-hybridized carbons (Fsp3) is 0.250. The summed E-state index contributed by atoms with van der Waals surface area (Å²) in [4.78, 5) is 37.6. The van der Waals surface area contributed by atoms with Crippen molar-refractivity contribution in [3.8, 4) is 11.5 Å². The number of aliphatic hydroxyl groups is 2. The molecule has 144 valence electrons. The van der Waals surface area contributed by atoms with Crippen molar-refractivity contribution in [3.63, 3.8) is 0 Å². The monoisotopic (exact) mass is 386 g/mol. The highest BCUT2D eigenvalue weighted by atomic mass is 19.1. The highest BCUT2D eigenvalue weighted by Gasteiger charge is 2.45. The third-order valence-corrected chi connectivity index (χ3v) is 5.52. The molecule has 4 rings (SSSR count). The Morgan fingerprint density at radius 3 is 2.36 bits per heavy atom. The molecule has 4 N–H and O–H groups in total. The molecule has 0 spiro atoms. The Morgan fingerprint density at radius 2 is 1.68 bits per heavy atom. The number of Topliss-reactive ketones (excluding diaryl/α,β-unsaturated/α-hetero) is 1. The number of halogens is 1. The van der Waals surface area contributed by atoms with Crippen molar-refractivity contribution in [1.29, 1.82) is 0 Å². The second-order valence-corrected chi connectivity index (χ2v) is 7.01. The number of phenolic OH excluding ortho intramolecular Hbond substituents is 2. The van der Waals surface area contributed by atoms with E-state index in [1.165, 1.54) is 12.1 Å². The zero-order chi connectivity index (χ0) is 20.4. The Balaban J connectivity index is 1.97. The van der Waals surface area contributed by atoms with Gasteiger partial charge in [0.15, 0.2) is 11.6 Å². The number of carbonyl (C=O) groups is 3. The van der Waals surface area contributed by atoms with Gasteiger partial charge in [0, 0.05) is 23.1 Å². The van der Waals surface area contributed by atoms with Crippen LogP contribution in [0.15, 0.2) is 18.2 Å². The predicted molar refractivity (Wildman–Crippen MR) is 92.1 cm³/mol. The van der Waals surface area contributed by atoms with Crippen LogP contribution in [0.2, 0.25) is 0 Å². The van der Waals surface area contributed by atoms with Crippen molar-refractivity contribution in [3.05, 3.63) is 57.4 Å². The zero-order valence-electron chi connectivity index (χ0n) is 14.5. The smallest absolute Gasteiger partial charge is 0.201 e. The Morgan fingerprint density at radius 1 is 1.04 bits per heavy atom. The third kappa shape index (κ3) is 2.25. The average molecular weight is 386 g/mol. The standard InChI is InChI=1S/C20H15FO7/c21-11-3-1-2-9-13(11)19(27)15-14(17(9)25)18(26)10-6-20(28,12(23)7-22)5-4-8(10)16(15)24/h1-3,22,24,26,28H,4-7H2/t20-/m0/s1. The van der Waals surface area contributed by atoms with E-state index < -0.39 is 70.0 Å². The van der Waals surface area contributed by atoms with Crippen molar-refractivity contribution < 1.29 is 39.2 Å². The van der Waals surface area contributed by atoms with E-state index in [0.717, 1.165) is 6.07 Å². The predicted octanol–water partition coefficient (Wildman–Crippen LogP) is 0.794. The van der Waals surface area contributed by atoms with Crippen molar-refractivity contribution in [2.75, 3.05) is 6.61 Å². The molecular formula is C20H15FO7. The molecule has 0 amide bonds. The number of hydrogen-bond acceptors (Lipinski definition) is 7. The molecule has 0 unspecified atom stereocenters. The first kappa shape index (κ1) is 18.3. The summed E-state index contributed by atoms with van der Waals surface area (Å²) in [6, 6.07) is 3.51. The summed E-state index contributed by atoms with van der Waals surface area (Å²) >= 11 is 0. The van der Waals surface area contributed by atoms with Gasteiger partial charge in [0.1, 0.15) is 29.5 Å². The Kier molecular flexibility index (Phi) is 3.88. The maximum atomic E-state index is 14.2. The largest absolute Gasteiger partial charge is 0.507 e. The van der Waals surface area contributed by atoms with Crippen LogP contribution in [-0.4, -0.2) is 50.0 Å². The van der Waals surface area contributed by atoms with Crippen LogP contribution in [0.1, 0.15) is 49.4 Å². The molecular weight excluding hydrogens is 371 g/mol. The van der Waals surface area contributed by atoms with Crippen LogP contribution in [-0.2, 0) is 17.6 Å². The van der Waals surface area contributed by atoms with E-state index in [1.807, 2.05) is 0 Å². The quantitative estimate of drug-likeness (QED) is 0.479. The summed E-state index contributed by atoms with van der Waals surface area (Å²) in [7, 11) is 0. The maximum absolute atomic E-state index is 14.2. The number of benzene rings is 2. The van der Waals surface area contributed by atoms with Gasteiger partial charge in [-0.3, -0.25) is 14.4 Å². The zero-order valence-corrected chi connectivity index (χ0v) is 14.5. The number of hydrogen-bond donors (Lipinski definition) is 4. The van der Waals surface area contributed by atoms with Crippen molar-refractivity contribution in [1.82, 2.24) is 0 Å². The van der Waals surface area contributed by atoms with E-state index in [-0.39, 0.29) is 29.5 Å². The summed E-state index contributed by atoms with van der Waals surface area (Å²) in [5, 5.41) is 41.0. The van der Waals surface area contributed by atoms with Crippen LogP contribution in [0.3, 0.4) is 0 Å². The van der Waals surface area contributed by atoms with Gasteiger partial charge < -0.3 is 20.4 Å². The average Bonchev–Trinajstić information content (AvgIpc) is 2.67. The molecule has 0 saturated carbocycles. The Labute approximate surface area is 157 Å². The minimum absolute atomic E-state index is 0.0483. The molecule has 1 atom stereocenters. The van der Waals surface area contributed by atoms with Gasteiger partial charge in [-0.1, -0.05) is 12.1 Å². The van der Waals surface area contributed by atoms with Crippen LogP contribution < -0.4 is 0 Å². The highest BCUT2D eigenvalue weighted by Crippen LogP contribution is 2.47. The number of phenols is 2. The lowest BCUT2D eigenvalue weighted by Gasteiger charge is -2.34. The molecule has 0 fully saturated rings. The van der Waals surface area contributed by atoms with E-state index in [2.05, 4.69) is 0 Å². The number of fused-ring (bicyclic) bond motifs is 3. The Bertz CT molecular complexity index is 1090. The molecule has 7 nitrogen and oxygen atoms in total. The van der Waals surface area contributed by atoms with Gasteiger partial charge in [-0.15, -0.1) is 0 Å². The summed E-state index contributed by atoms with van der Waals surface area (Å²) < 4.78 is 14.2. The van der Waals surface area contributed by atoms with Crippen molar-refractivity contribution in [2.45, 2.75) is 24.9 Å². The molecule has 0 aliphatic heterocycles. The van der Waals surface area contributed by atoms with Crippen LogP contribution in [0.4, 0.5) is 4.39 Å². The lowest BCUT2D eigenvalue weighted by molar-refractivity contribution is -0.141. The first-order valence-corrected chi connectivity index (χ1v) is 8.55. The van der Waals surface area contributed by atoms with Gasteiger partial charge in [-0.25, -0.2) is 4.39 Å². The van der Waals surface area contributed by atoms with Gasteiger partial charge in [-0.05, 0) is 18.9 Å². The molecule has 0 radical (unpaired) electrons. The molecule has 2 aliphatic rings. The molecule has 0 heterocycles. The number of aromatic hydroxyl groups is 2. The van der Waals surface area contributed by atoms with E-state index in [1.54, 1.807) is 0 Å². The SMILES string of the molecule is O=C1c2cccc(F)c2C(=O)c2c(O)c3c(c(O)c21)C[C@](O)(C(=O)CO)CC3.